The molecule has 0 radical (unpaired) electrons. The predicted octanol–water partition coefficient (Wildman–Crippen LogP) is 3.27. The fourth-order valence-corrected chi connectivity index (χ4v) is 2.11. The van der Waals surface area contributed by atoms with E-state index in [1.807, 2.05) is 0 Å². The van der Waals surface area contributed by atoms with Crippen molar-refractivity contribution in [3.8, 4) is 0 Å². The molecule has 0 saturated heterocycles. The van der Waals surface area contributed by atoms with E-state index in [0.717, 1.165) is 6.07 Å². The van der Waals surface area contributed by atoms with Gasteiger partial charge in [-0.1, -0.05) is 6.07 Å². The van der Waals surface area contributed by atoms with Crippen LogP contribution in [0.1, 0.15) is 26.5 Å². The molecule has 0 aliphatic carbocycles. The molecule has 80 valence electrons. The third-order valence-electron chi connectivity index (χ3n) is 2.07. The molecule has 0 fully saturated rings. The first kappa shape index (κ1) is 10.5. The number of rotatable bonds is 0. The third kappa shape index (κ3) is 1.62. The van der Waals surface area contributed by atoms with Crippen molar-refractivity contribution in [2.45, 2.75) is 11.2 Å². The van der Waals surface area contributed by atoms with E-state index in [4.69, 9.17) is 0 Å². The Bertz CT molecular complexity index is 428. The lowest BCUT2D eigenvalue weighted by molar-refractivity contribution is -0.138. The van der Waals surface area contributed by atoms with Crippen molar-refractivity contribution >= 4 is 21.9 Å². The number of carbonyl (C=O) groups excluding carboxylic acids is 1. The summed E-state index contributed by atoms with van der Waals surface area (Å²) in [6, 6.07) is 3.43. The van der Waals surface area contributed by atoms with E-state index >= 15 is 0 Å². The Kier molecular flexibility index (Phi) is 2.26. The number of cyclic esters (lactones) is 1. The molecule has 0 spiro atoms. The fraction of sp³-hybridized carbons (Fsp3) is 0.222. The molecule has 0 saturated carbocycles. The van der Waals surface area contributed by atoms with Crippen LogP contribution in [-0.2, 0) is 10.9 Å². The van der Waals surface area contributed by atoms with Gasteiger partial charge in [0.25, 0.3) is 0 Å². The molecule has 1 aromatic rings. The highest BCUT2D eigenvalue weighted by Gasteiger charge is 2.41. The average molecular weight is 281 g/mol. The number of ether oxygens (including phenoxy) is 1. The van der Waals surface area contributed by atoms with E-state index in [1.54, 1.807) is 0 Å². The third-order valence-corrected chi connectivity index (χ3v) is 2.71. The number of alkyl halides is 4. The molecule has 0 amide bonds. The summed E-state index contributed by atoms with van der Waals surface area (Å²) in [5, 5.41) is -1.02. The monoisotopic (exact) mass is 280 g/mol. The Morgan fingerprint density at radius 3 is 2.60 bits per heavy atom. The molecule has 0 aromatic heterocycles. The first-order valence-corrected chi connectivity index (χ1v) is 4.88. The fourth-order valence-electron chi connectivity index (χ4n) is 1.45. The molecule has 6 heteroatoms. The van der Waals surface area contributed by atoms with Crippen LogP contribution in [0.4, 0.5) is 13.2 Å². The summed E-state index contributed by atoms with van der Waals surface area (Å²) in [5.74, 6) is -0.738. The second kappa shape index (κ2) is 3.23. The summed E-state index contributed by atoms with van der Waals surface area (Å²) in [6.45, 7) is 0. The van der Waals surface area contributed by atoms with Gasteiger partial charge in [0.1, 0.15) is 0 Å². The van der Waals surface area contributed by atoms with E-state index in [9.17, 15) is 18.0 Å². The van der Waals surface area contributed by atoms with Crippen LogP contribution in [0, 0.1) is 0 Å². The predicted molar refractivity (Wildman–Crippen MR) is 48.5 cm³/mol. The molecule has 2 rings (SSSR count). The smallest absolute Gasteiger partial charge is 0.416 e. The summed E-state index contributed by atoms with van der Waals surface area (Å²) in [4.78, 5) is 11.1. The van der Waals surface area contributed by atoms with E-state index in [0.29, 0.717) is 0 Å². The lowest BCUT2D eigenvalue weighted by Crippen LogP contribution is -2.09. The lowest BCUT2D eigenvalue weighted by Gasteiger charge is -2.11. The standard InChI is InChI=1S/C9H4BrF3O2/c10-7-6-4(8(14)15-7)2-1-3-5(6)9(11,12)13/h1-3,7H/t7-/m1/s1. The molecule has 0 unspecified atom stereocenters. The van der Waals surface area contributed by atoms with Gasteiger partial charge in [0.15, 0.2) is 5.01 Å². The Labute approximate surface area is 91.2 Å². The van der Waals surface area contributed by atoms with Crippen molar-refractivity contribution in [2.75, 3.05) is 0 Å². The van der Waals surface area contributed by atoms with Gasteiger partial charge in [-0.05, 0) is 28.1 Å². The van der Waals surface area contributed by atoms with Crippen LogP contribution in [0.25, 0.3) is 0 Å². The number of benzene rings is 1. The average Bonchev–Trinajstić information content (AvgIpc) is 2.41. The van der Waals surface area contributed by atoms with Crippen LogP contribution in [-0.4, -0.2) is 5.97 Å². The quantitative estimate of drug-likeness (QED) is 0.539. The molecule has 1 aromatic carbocycles. The van der Waals surface area contributed by atoms with Crippen molar-refractivity contribution in [1.29, 1.82) is 0 Å². The molecule has 0 bridgehead atoms. The van der Waals surface area contributed by atoms with E-state index in [1.165, 1.54) is 12.1 Å². The Balaban J connectivity index is 2.66. The molecule has 1 aliphatic heterocycles. The van der Waals surface area contributed by atoms with Gasteiger partial charge in [-0.25, -0.2) is 4.79 Å². The molecule has 15 heavy (non-hydrogen) atoms. The minimum atomic E-state index is -4.48. The number of esters is 1. The van der Waals surface area contributed by atoms with Crippen LogP contribution in [0.3, 0.4) is 0 Å². The Hall–Kier alpha value is -1.04. The van der Waals surface area contributed by atoms with Gasteiger partial charge in [-0.2, -0.15) is 13.2 Å². The molecule has 1 atom stereocenters. The summed E-state index contributed by atoms with van der Waals surface area (Å²) in [7, 11) is 0. The zero-order chi connectivity index (χ0) is 11.2. The summed E-state index contributed by atoms with van der Waals surface area (Å²) >= 11 is 2.88. The second-order valence-electron chi connectivity index (χ2n) is 2.99. The maximum absolute atomic E-state index is 12.6. The van der Waals surface area contributed by atoms with Crippen molar-refractivity contribution < 1.29 is 22.7 Å². The number of hydrogen-bond donors (Lipinski definition) is 0. The number of carbonyl (C=O) groups is 1. The van der Waals surface area contributed by atoms with E-state index < -0.39 is 22.7 Å². The normalized spacial score (nSPS) is 20.0. The molecule has 2 nitrogen and oxygen atoms in total. The Morgan fingerprint density at radius 2 is 2.00 bits per heavy atom. The van der Waals surface area contributed by atoms with Crippen molar-refractivity contribution in [2.24, 2.45) is 0 Å². The topological polar surface area (TPSA) is 26.3 Å². The molecular weight excluding hydrogens is 277 g/mol. The van der Waals surface area contributed by atoms with Crippen LogP contribution in [0.2, 0.25) is 0 Å². The molecule has 0 N–H and O–H groups in total. The first-order chi connectivity index (χ1) is 6.91. The van der Waals surface area contributed by atoms with Gasteiger partial charge in [0, 0.05) is 5.56 Å². The van der Waals surface area contributed by atoms with Gasteiger partial charge in [-0.3, -0.25) is 0 Å². The highest BCUT2D eigenvalue weighted by molar-refractivity contribution is 9.09. The number of halogens is 4. The van der Waals surface area contributed by atoms with Gasteiger partial charge in [-0.15, -0.1) is 0 Å². The minimum absolute atomic E-state index is 0.0355. The summed E-state index contributed by atoms with van der Waals surface area (Å²) in [6.07, 6.45) is -4.48. The van der Waals surface area contributed by atoms with Crippen LogP contribution >= 0.6 is 15.9 Å². The first-order valence-electron chi connectivity index (χ1n) is 3.96. The van der Waals surface area contributed by atoms with Crippen molar-refractivity contribution in [1.82, 2.24) is 0 Å². The molecule has 1 aliphatic rings. The van der Waals surface area contributed by atoms with Gasteiger partial charge >= 0.3 is 12.1 Å². The summed E-state index contributed by atoms with van der Waals surface area (Å²) in [5.41, 5.74) is -1.02. The lowest BCUT2D eigenvalue weighted by atomic mass is 10.0. The van der Waals surface area contributed by atoms with Gasteiger partial charge in [0.2, 0.25) is 0 Å². The van der Waals surface area contributed by atoms with E-state index in [-0.39, 0.29) is 11.1 Å². The minimum Gasteiger partial charge on any atom is -0.442 e. The zero-order valence-corrected chi connectivity index (χ0v) is 8.72. The highest BCUT2D eigenvalue weighted by Crippen LogP contribution is 2.43. The zero-order valence-electron chi connectivity index (χ0n) is 7.14. The van der Waals surface area contributed by atoms with E-state index in [2.05, 4.69) is 20.7 Å². The number of fused-ring (bicyclic) bond motifs is 1. The number of hydrogen-bond acceptors (Lipinski definition) is 2. The van der Waals surface area contributed by atoms with Gasteiger partial charge < -0.3 is 4.74 Å². The highest BCUT2D eigenvalue weighted by atomic mass is 79.9. The maximum atomic E-state index is 12.6. The SMILES string of the molecule is O=C1O[C@@H](Br)c2c1cccc2C(F)(F)F. The van der Waals surface area contributed by atoms with Crippen LogP contribution in [0.15, 0.2) is 18.2 Å². The van der Waals surface area contributed by atoms with Crippen molar-refractivity contribution in [3.05, 3.63) is 34.9 Å². The Morgan fingerprint density at radius 1 is 1.33 bits per heavy atom. The largest absolute Gasteiger partial charge is 0.442 e. The molecular formula is C9H4BrF3O2. The van der Waals surface area contributed by atoms with Crippen LogP contribution < -0.4 is 0 Å². The summed E-state index contributed by atoms with van der Waals surface area (Å²) < 4.78 is 42.3. The second-order valence-corrected chi connectivity index (χ2v) is 3.82. The maximum Gasteiger partial charge on any atom is 0.416 e. The molecule has 1 heterocycles. The van der Waals surface area contributed by atoms with Crippen LogP contribution in [0.5, 0.6) is 0 Å². The van der Waals surface area contributed by atoms with Gasteiger partial charge in [0.05, 0.1) is 11.1 Å². The van der Waals surface area contributed by atoms with Crippen molar-refractivity contribution in [3.63, 3.8) is 0 Å².